The summed E-state index contributed by atoms with van der Waals surface area (Å²) in [6, 6.07) is 4.53. The van der Waals surface area contributed by atoms with E-state index in [1.165, 1.54) is 18.2 Å². The third kappa shape index (κ3) is 3.06. The lowest BCUT2D eigenvalue weighted by atomic mass is 10.2. The van der Waals surface area contributed by atoms with Crippen LogP contribution in [0.4, 0.5) is 5.69 Å². The van der Waals surface area contributed by atoms with Crippen molar-refractivity contribution in [3.8, 4) is 5.75 Å². The molecule has 0 bridgehead atoms. The molecule has 0 radical (unpaired) electrons. The maximum atomic E-state index is 12.0. The van der Waals surface area contributed by atoms with E-state index in [9.17, 15) is 9.90 Å². The molecule has 100 valence electrons. The molecular formula is C13H14ClN3O2. The molecule has 0 aliphatic rings. The molecule has 0 saturated carbocycles. The molecule has 19 heavy (non-hydrogen) atoms. The highest BCUT2D eigenvalue weighted by Crippen LogP contribution is 2.22. The molecule has 1 aromatic carbocycles. The summed E-state index contributed by atoms with van der Waals surface area (Å²) >= 11 is 5.80. The summed E-state index contributed by atoms with van der Waals surface area (Å²) in [5, 5.41) is 16.8. The van der Waals surface area contributed by atoms with Gasteiger partial charge >= 0.3 is 0 Å². The zero-order chi connectivity index (χ0) is 14.0. The average Bonchev–Trinajstić information content (AvgIpc) is 2.80. The molecule has 6 heteroatoms. The lowest BCUT2D eigenvalue weighted by molar-refractivity contribution is 0.102. The fourth-order valence-corrected chi connectivity index (χ4v) is 1.75. The Balaban J connectivity index is 2.18. The minimum absolute atomic E-state index is 0.113. The lowest BCUT2D eigenvalue weighted by Gasteiger charge is -2.06. The summed E-state index contributed by atoms with van der Waals surface area (Å²) in [7, 11) is 0. The minimum atomic E-state index is -0.427. The van der Waals surface area contributed by atoms with Gasteiger partial charge in [-0.15, -0.1) is 0 Å². The van der Waals surface area contributed by atoms with E-state index < -0.39 is 5.91 Å². The highest BCUT2D eigenvalue weighted by molar-refractivity contribution is 6.31. The van der Waals surface area contributed by atoms with Crippen molar-refractivity contribution < 1.29 is 9.90 Å². The van der Waals surface area contributed by atoms with Crippen LogP contribution in [-0.2, 0) is 0 Å². The third-order valence-electron chi connectivity index (χ3n) is 2.59. The predicted molar refractivity (Wildman–Crippen MR) is 73.7 cm³/mol. The van der Waals surface area contributed by atoms with Crippen LogP contribution in [-0.4, -0.2) is 20.8 Å². The SMILES string of the molecule is CC(C)n1cc(NC(=O)c2cc(Cl)ccc2O)cn1. The largest absolute Gasteiger partial charge is 0.507 e. The number of phenols is 1. The summed E-state index contributed by atoms with van der Waals surface area (Å²) in [5.41, 5.74) is 0.697. The van der Waals surface area contributed by atoms with E-state index >= 15 is 0 Å². The molecule has 1 aromatic heterocycles. The highest BCUT2D eigenvalue weighted by Gasteiger charge is 2.13. The van der Waals surface area contributed by atoms with E-state index in [0.29, 0.717) is 10.7 Å². The monoisotopic (exact) mass is 279 g/mol. The Labute approximate surface area is 115 Å². The van der Waals surface area contributed by atoms with Gasteiger partial charge in [-0.05, 0) is 32.0 Å². The molecule has 0 spiro atoms. The highest BCUT2D eigenvalue weighted by atomic mass is 35.5. The first-order chi connectivity index (χ1) is 8.97. The molecule has 0 saturated heterocycles. The molecule has 0 atom stereocenters. The number of rotatable bonds is 3. The molecule has 2 aromatic rings. The Morgan fingerprint density at radius 3 is 2.84 bits per heavy atom. The van der Waals surface area contributed by atoms with Crippen molar-refractivity contribution in [1.29, 1.82) is 0 Å². The van der Waals surface area contributed by atoms with Gasteiger partial charge in [-0.2, -0.15) is 5.10 Å². The second kappa shape index (κ2) is 5.32. The van der Waals surface area contributed by atoms with Crippen LogP contribution in [0.5, 0.6) is 5.75 Å². The van der Waals surface area contributed by atoms with Crippen molar-refractivity contribution in [2.24, 2.45) is 0 Å². The fraction of sp³-hybridized carbons (Fsp3) is 0.231. The molecular weight excluding hydrogens is 266 g/mol. The molecule has 1 heterocycles. The van der Waals surface area contributed by atoms with Crippen LogP contribution in [0.25, 0.3) is 0 Å². The van der Waals surface area contributed by atoms with Gasteiger partial charge in [0, 0.05) is 17.3 Å². The zero-order valence-electron chi connectivity index (χ0n) is 10.6. The number of aromatic nitrogens is 2. The summed E-state index contributed by atoms with van der Waals surface area (Å²) in [5.74, 6) is -0.540. The summed E-state index contributed by atoms with van der Waals surface area (Å²) < 4.78 is 1.73. The number of nitrogens with one attached hydrogen (secondary N) is 1. The van der Waals surface area contributed by atoms with Gasteiger partial charge in [-0.25, -0.2) is 0 Å². The first kappa shape index (κ1) is 13.4. The number of hydrogen-bond donors (Lipinski definition) is 2. The Kier molecular flexibility index (Phi) is 3.76. The molecule has 0 fully saturated rings. The van der Waals surface area contributed by atoms with E-state index in [-0.39, 0.29) is 17.4 Å². The minimum Gasteiger partial charge on any atom is -0.507 e. The topological polar surface area (TPSA) is 67.2 Å². The maximum Gasteiger partial charge on any atom is 0.259 e. The first-order valence-corrected chi connectivity index (χ1v) is 6.19. The van der Waals surface area contributed by atoms with Crippen LogP contribution in [0, 0.1) is 0 Å². The Bertz CT molecular complexity index is 608. The summed E-state index contributed by atoms with van der Waals surface area (Å²) in [6.07, 6.45) is 3.28. The second-order valence-corrected chi connectivity index (χ2v) is 4.85. The van der Waals surface area contributed by atoms with Crippen LogP contribution in [0.3, 0.4) is 0 Å². The first-order valence-electron chi connectivity index (χ1n) is 5.81. The van der Waals surface area contributed by atoms with E-state index in [1.807, 2.05) is 13.8 Å². The Hall–Kier alpha value is -2.01. The third-order valence-corrected chi connectivity index (χ3v) is 2.83. The van der Waals surface area contributed by atoms with Gasteiger partial charge in [0.05, 0.1) is 17.4 Å². The van der Waals surface area contributed by atoms with Crippen molar-refractivity contribution in [2.45, 2.75) is 19.9 Å². The molecule has 5 nitrogen and oxygen atoms in total. The summed E-state index contributed by atoms with van der Waals surface area (Å²) in [6.45, 7) is 3.97. The van der Waals surface area contributed by atoms with Crippen molar-refractivity contribution in [1.82, 2.24) is 9.78 Å². The maximum absolute atomic E-state index is 12.0. The van der Waals surface area contributed by atoms with Crippen molar-refractivity contribution in [3.63, 3.8) is 0 Å². The van der Waals surface area contributed by atoms with E-state index in [0.717, 1.165) is 0 Å². The van der Waals surface area contributed by atoms with Gasteiger partial charge in [0.15, 0.2) is 0 Å². The molecule has 1 amide bonds. The quantitative estimate of drug-likeness (QED) is 0.907. The van der Waals surface area contributed by atoms with Crippen molar-refractivity contribution in [2.75, 3.05) is 5.32 Å². The number of phenolic OH excluding ortho intramolecular Hbond substituents is 1. The predicted octanol–water partition coefficient (Wildman–Crippen LogP) is 3.08. The molecule has 2 N–H and O–H groups in total. The number of halogens is 1. The number of hydrogen-bond acceptors (Lipinski definition) is 3. The lowest BCUT2D eigenvalue weighted by Crippen LogP contribution is -2.11. The second-order valence-electron chi connectivity index (χ2n) is 4.42. The Morgan fingerprint density at radius 2 is 2.21 bits per heavy atom. The normalized spacial score (nSPS) is 10.7. The van der Waals surface area contributed by atoms with Gasteiger partial charge in [0.2, 0.25) is 0 Å². The van der Waals surface area contributed by atoms with Gasteiger partial charge in [-0.1, -0.05) is 11.6 Å². The van der Waals surface area contributed by atoms with Gasteiger partial charge < -0.3 is 10.4 Å². The fourth-order valence-electron chi connectivity index (χ4n) is 1.57. The van der Waals surface area contributed by atoms with Crippen LogP contribution >= 0.6 is 11.6 Å². The van der Waals surface area contributed by atoms with E-state index in [4.69, 9.17) is 11.6 Å². The average molecular weight is 280 g/mol. The van der Waals surface area contributed by atoms with Gasteiger partial charge in [-0.3, -0.25) is 9.48 Å². The number of carbonyl (C=O) groups is 1. The van der Waals surface area contributed by atoms with Crippen LogP contribution < -0.4 is 5.32 Å². The van der Waals surface area contributed by atoms with E-state index in [1.54, 1.807) is 17.1 Å². The Morgan fingerprint density at radius 1 is 1.47 bits per heavy atom. The molecule has 2 rings (SSSR count). The van der Waals surface area contributed by atoms with Crippen molar-refractivity contribution in [3.05, 3.63) is 41.2 Å². The number of carbonyl (C=O) groups excluding carboxylic acids is 1. The van der Waals surface area contributed by atoms with Gasteiger partial charge in [0.25, 0.3) is 5.91 Å². The molecule has 0 aliphatic heterocycles. The van der Waals surface area contributed by atoms with Crippen LogP contribution in [0.15, 0.2) is 30.6 Å². The number of benzene rings is 1. The smallest absolute Gasteiger partial charge is 0.259 e. The standard InChI is InChI=1S/C13H14ClN3O2/c1-8(2)17-7-10(6-15-17)16-13(19)11-5-9(14)3-4-12(11)18/h3-8,18H,1-2H3,(H,16,19). The van der Waals surface area contributed by atoms with E-state index in [2.05, 4.69) is 10.4 Å². The number of anilines is 1. The zero-order valence-corrected chi connectivity index (χ0v) is 11.3. The number of nitrogens with zero attached hydrogens (tertiary/aromatic N) is 2. The molecule has 0 unspecified atom stereocenters. The number of amides is 1. The molecule has 0 aliphatic carbocycles. The number of aromatic hydroxyl groups is 1. The van der Waals surface area contributed by atoms with Crippen molar-refractivity contribution >= 4 is 23.2 Å². The van der Waals surface area contributed by atoms with Crippen LogP contribution in [0.1, 0.15) is 30.2 Å². The van der Waals surface area contributed by atoms with Crippen LogP contribution in [0.2, 0.25) is 5.02 Å². The summed E-state index contributed by atoms with van der Waals surface area (Å²) in [4.78, 5) is 12.0. The van der Waals surface area contributed by atoms with Gasteiger partial charge in [0.1, 0.15) is 5.75 Å².